The number of ketones is 2. The van der Waals surface area contributed by atoms with Gasteiger partial charge in [-0.3, -0.25) is 9.59 Å². The van der Waals surface area contributed by atoms with Crippen LogP contribution in [0.1, 0.15) is 64.9 Å². The van der Waals surface area contributed by atoms with Gasteiger partial charge in [0.1, 0.15) is 17.3 Å². The molecule has 1 aromatic rings. The van der Waals surface area contributed by atoms with Crippen molar-refractivity contribution in [2.45, 2.75) is 59.3 Å². The Labute approximate surface area is 194 Å². The van der Waals surface area contributed by atoms with Gasteiger partial charge in [-0.2, -0.15) is 0 Å². The van der Waals surface area contributed by atoms with Gasteiger partial charge in [0.05, 0.1) is 5.92 Å². The Hall–Kier alpha value is -3.09. The fourth-order valence-electron chi connectivity index (χ4n) is 4.71. The molecular weight excluding hydrogens is 422 g/mol. The highest BCUT2D eigenvalue weighted by Gasteiger charge is 2.44. The lowest BCUT2D eigenvalue weighted by Gasteiger charge is -2.36. The smallest absolute Gasteiger partial charge is 0.414 e. The van der Waals surface area contributed by atoms with Crippen LogP contribution < -0.4 is 4.74 Å². The van der Waals surface area contributed by atoms with Gasteiger partial charge < -0.3 is 19.8 Å². The highest BCUT2D eigenvalue weighted by molar-refractivity contribution is 6.05. The van der Waals surface area contributed by atoms with Crippen molar-refractivity contribution < 1.29 is 29.3 Å². The number of aliphatic hydroxyl groups is 2. The second-order valence-corrected chi connectivity index (χ2v) is 10.8. The van der Waals surface area contributed by atoms with Gasteiger partial charge in [0.15, 0.2) is 11.6 Å². The summed E-state index contributed by atoms with van der Waals surface area (Å²) in [5.74, 6) is -1.66. The Kier molecular flexibility index (Phi) is 6.46. The van der Waals surface area contributed by atoms with Crippen molar-refractivity contribution in [1.29, 1.82) is 0 Å². The maximum atomic E-state index is 13.3. The van der Waals surface area contributed by atoms with E-state index in [1.54, 1.807) is 38.4 Å². The minimum Gasteiger partial charge on any atom is -0.512 e. The van der Waals surface area contributed by atoms with Crippen LogP contribution >= 0.6 is 0 Å². The summed E-state index contributed by atoms with van der Waals surface area (Å²) in [5.41, 5.74) is -0.325. The number of carbonyl (C=O) groups excluding carboxylic acids is 3. The maximum Gasteiger partial charge on any atom is 0.414 e. The number of carbonyl (C=O) groups is 3. The van der Waals surface area contributed by atoms with Crippen LogP contribution in [0.2, 0.25) is 0 Å². The summed E-state index contributed by atoms with van der Waals surface area (Å²) in [6.45, 7) is 7.57. The van der Waals surface area contributed by atoms with Crippen LogP contribution in [0.4, 0.5) is 4.79 Å². The lowest BCUT2D eigenvalue weighted by atomic mass is 9.67. The number of benzene rings is 1. The molecule has 0 aliphatic heterocycles. The van der Waals surface area contributed by atoms with Crippen LogP contribution in [0.5, 0.6) is 5.75 Å². The summed E-state index contributed by atoms with van der Waals surface area (Å²) < 4.78 is 5.55. The summed E-state index contributed by atoms with van der Waals surface area (Å²) in [6, 6.07) is 6.62. The third-order valence-corrected chi connectivity index (χ3v) is 6.16. The van der Waals surface area contributed by atoms with Gasteiger partial charge in [-0.1, -0.05) is 45.9 Å². The second-order valence-electron chi connectivity index (χ2n) is 10.8. The molecule has 7 heteroatoms. The van der Waals surface area contributed by atoms with E-state index >= 15 is 0 Å². The van der Waals surface area contributed by atoms with Crippen LogP contribution in [-0.4, -0.2) is 46.9 Å². The number of allylic oxidation sites excluding steroid dienone is 4. The van der Waals surface area contributed by atoms with Crippen LogP contribution in [0.3, 0.4) is 0 Å². The molecule has 0 bridgehead atoms. The summed E-state index contributed by atoms with van der Waals surface area (Å²) in [4.78, 5) is 40.2. The number of hydrogen-bond donors (Lipinski definition) is 2. The van der Waals surface area contributed by atoms with Gasteiger partial charge >= 0.3 is 6.09 Å². The minimum absolute atomic E-state index is 0.0808. The number of Topliss-reactive ketones (excluding diaryl/α,β-unsaturated/α-hetero) is 2. The normalized spacial score (nSPS) is 20.3. The molecule has 0 fully saturated rings. The molecule has 2 aliphatic carbocycles. The predicted octanol–water partition coefficient (Wildman–Crippen LogP) is 5.23. The molecule has 3 rings (SSSR count). The van der Waals surface area contributed by atoms with E-state index < -0.39 is 22.8 Å². The molecular formula is C26H33NO6. The Morgan fingerprint density at radius 3 is 1.76 bits per heavy atom. The van der Waals surface area contributed by atoms with Crippen molar-refractivity contribution in [2.75, 3.05) is 14.1 Å². The molecule has 0 spiro atoms. The first kappa shape index (κ1) is 24.6. The Bertz CT molecular complexity index is 1010. The molecule has 33 heavy (non-hydrogen) atoms. The molecule has 0 saturated heterocycles. The number of nitrogens with zero attached hydrogens (tertiary/aromatic N) is 1. The SMILES string of the molecule is CN(C)C(=O)Oc1ccccc1C(C1=C(O)CC(C)(C)CC1=O)C1=C(O)CC(C)(C)CC1=O. The van der Waals surface area contributed by atoms with Gasteiger partial charge in [-0.15, -0.1) is 0 Å². The maximum absolute atomic E-state index is 13.3. The number of aliphatic hydroxyl groups excluding tert-OH is 2. The van der Waals surface area contributed by atoms with Crippen LogP contribution in [0.15, 0.2) is 46.9 Å². The Morgan fingerprint density at radius 1 is 0.879 bits per heavy atom. The first-order chi connectivity index (χ1) is 15.2. The average Bonchev–Trinajstić information content (AvgIpc) is 2.64. The van der Waals surface area contributed by atoms with Gasteiger partial charge in [0.25, 0.3) is 0 Å². The van der Waals surface area contributed by atoms with E-state index in [2.05, 4.69) is 0 Å². The number of hydrogen-bond acceptors (Lipinski definition) is 6. The van der Waals surface area contributed by atoms with E-state index in [4.69, 9.17) is 4.74 Å². The molecule has 0 unspecified atom stereocenters. The standard InChI is InChI=1S/C26H33NO6/c1-25(2)11-16(28)22(17(29)12-25)21(23-18(30)13-26(3,4)14-19(23)31)15-9-7-8-10-20(15)33-24(32)27(5)6/h7-10,21,28,30H,11-14H2,1-6H3. The Morgan fingerprint density at radius 2 is 1.33 bits per heavy atom. The summed E-state index contributed by atoms with van der Waals surface area (Å²) in [6.07, 6.45) is 0.285. The van der Waals surface area contributed by atoms with Crippen LogP contribution in [0, 0.1) is 10.8 Å². The molecule has 2 N–H and O–H groups in total. The summed E-state index contributed by atoms with van der Waals surface area (Å²) in [7, 11) is 3.09. The largest absolute Gasteiger partial charge is 0.512 e. The monoisotopic (exact) mass is 455 g/mol. The van der Waals surface area contributed by atoms with Crippen molar-refractivity contribution in [3.05, 3.63) is 52.5 Å². The van der Waals surface area contributed by atoms with Crippen molar-refractivity contribution in [2.24, 2.45) is 10.8 Å². The zero-order chi connectivity index (χ0) is 24.7. The van der Waals surface area contributed by atoms with E-state index in [1.807, 2.05) is 27.7 Å². The third kappa shape index (κ3) is 5.13. The molecule has 1 amide bonds. The molecule has 178 valence electrons. The third-order valence-electron chi connectivity index (χ3n) is 6.16. The second kappa shape index (κ2) is 8.69. The fourth-order valence-corrected chi connectivity index (χ4v) is 4.71. The Balaban J connectivity index is 2.27. The molecule has 7 nitrogen and oxygen atoms in total. The number of ether oxygens (including phenoxy) is 1. The van der Waals surface area contributed by atoms with Crippen LogP contribution in [0.25, 0.3) is 0 Å². The van der Waals surface area contributed by atoms with Crippen LogP contribution in [-0.2, 0) is 9.59 Å². The van der Waals surface area contributed by atoms with Gasteiger partial charge in [-0.25, -0.2) is 4.79 Å². The van der Waals surface area contributed by atoms with Crippen molar-refractivity contribution in [1.82, 2.24) is 4.90 Å². The molecule has 0 radical (unpaired) electrons. The zero-order valence-corrected chi connectivity index (χ0v) is 20.2. The molecule has 0 saturated carbocycles. The average molecular weight is 456 g/mol. The number of rotatable bonds is 4. The summed E-state index contributed by atoms with van der Waals surface area (Å²) in [5, 5.41) is 22.0. The van der Waals surface area contributed by atoms with E-state index in [1.165, 1.54) is 4.90 Å². The van der Waals surface area contributed by atoms with E-state index in [0.29, 0.717) is 5.56 Å². The van der Waals surface area contributed by atoms with E-state index in [9.17, 15) is 24.6 Å². The van der Waals surface area contributed by atoms with Crippen molar-refractivity contribution >= 4 is 17.7 Å². The van der Waals surface area contributed by atoms with Crippen molar-refractivity contribution in [3.8, 4) is 5.75 Å². The first-order valence-electron chi connectivity index (χ1n) is 11.1. The summed E-state index contributed by atoms with van der Waals surface area (Å²) >= 11 is 0. The van der Waals surface area contributed by atoms with E-state index in [0.717, 1.165) is 0 Å². The molecule has 1 aromatic carbocycles. The zero-order valence-electron chi connectivity index (χ0n) is 20.2. The fraction of sp³-hybridized carbons (Fsp3) is 0.500. The molecule has 2 aliphatic rings. The highest BCUT2D eigenvalue weighted by Crippen LogP contribution is 2.49. The quantitative estimate of drug-likeness (QED) is 0.644. The predicted molar refractivity (Wildman–Crippen MR) is 124 cm³/mol. The number of para-hydroxylation sites is 1. The number of amides is 1. The van der Waals surface area contributed by atoms with Gasteiger partial charge in [0.2, 0.25) is 0 Å². The lowest BCUT2D eigenvalue weighted by Crippen LogP contribution is -2.34. The topological polar surface area (TPSA) is 104 Å². The van der Waals surface area contributed by atoms with Gasteiger partial charge in [-0.05, 0) is 16.9 Å². The van der Waals surface area contributed by atoms with Crippen molar-refractivity contribution in [3.63, 3.8) is 0 Å². The van der Waals surface area contributed by atoms with E-state index in [-0.39, 0.29) is 65.7 Å². The highest BCUT2D eigenvalue weighted by atomic mass is 16.6. The molecule has 0 heterocycles. The lowest BCUT2D eigenvalue weighted by molar-refractivity contribution is -0.119. The molecule has 0 aromatic heterocycles. The minimum atomic E-state index is -1.04. The molecule has 0 atom stereocenters. The first-order valence-corrected chi connectivity index (χ1v) is 11.1. The van der Waals surface area contributed by atoms with Gasteiger partial charge in [0, 0.05) is 56.5 Å².